The summed E-state index contributed by atoms with van der Waals surface area (Å²) in [6.07, 6.45) is 2.93. The molecule has 0 atom stereocenters. The molecule has 6 nitrogen and oxygen atoms in total. The first kappa shape index (κ1) is 17.1. The van der Waals surface area contributed by atoms with Crippen molar-refractivity contribution in [2.75, 3.05) is 19.3 Å². The van der Waals surface area contributed by atoms with Gasteiger partial charge in [0.05, 0.1) is 8.53 Å². The van der Waals surface area contributed by atoms with Crippen molar-refractivity contribution in [1.82, 2.24) is 4.31 Å². The monoisotopic (exact) mass is 413 g/mol. The van der Waals surface area contributed by atoms with Crippen molar-refractivity contribution >= 4 is 54.9 Å². The van der Waals surface area contributed by atoms with Crippen LogP contribution in [-0.2, 0) is 10.0 Å². The van der Waals surface area contributed by atoms with Crippen LogP contribution in [-0.4, -0.2) is 47.9 Å². The van der Waals surface area contributed by atoms with Crippen molar-refractivity contribution in [2.45, 2.75) is 21.8 Å². The number of halogens is 1. The Bertz CT molecular complexity index is 636. The summed E-state index contributed by atoms with van der Waals surface area (Å²) < 4.78 is 27.2. The molecule has 1 saturated heterocycles. The van der Waals surface area contributed by atoms with E-state index in [-0.39, 0.29) is 5.84 Å². The minimum Gasteiger partial charge on any atom is -0.409 e. The average molecular weight is 414 g/mol. The van der Waals surface area contributed by atoms with Gasteiger partial charge in [0, 0.05) is 13.1 Å². The van der Waals surface area contributed by atoms with Crippen LogP contribution in [0.4, 0.5) is 0 Å². The van der Waals surface area contributed by atoms with Gasteiger partial charge in [-0.15, -0.1) is 11.3 Å². The van der Waals surface area contributed by atoms with Crippen molar-refractivity contribution in [3.63, 3.8) is 0 Å². The second kappa shape index (κ2) is 6.45. The van der Waals surface area contributed by atoms with Crippen molar-refractivity contribution in [2.24, 2.45) is 10.9 Å². The summed E-state index contributed by atoms with van der Waals surface area (Å²) in [7, 11) is -3.46. The molecule has 0 aliphatic carbocycles. The summed E-state index contributed by atoms with van der Waals surface area (Å²) in [6, 6.07) is 3.33. The third kappa shape index (κ3) is 3.24. The third-order valence-electron chi connectivity index (χ3n) is 3.64. The van der Waals surface area contributed by atoms with E-state index in [1.165, 1.54) is 27.4 Å². The number of thioether (sulfide) groups is 1. The lowest BCUT2D eigenvalue weighted by molar-refractivity contribution is 0.301. The fraction of sp³-hybridized carbons (Fsp3) is 0.545. The molecule has 21 heavy (non-hydrogen) atoms. The molecule has 0 radical (unpaired) electrons. The Balaban J connectivity index is 2.17. The van der Waals surface area contributed by atoms with Crippen LogP contribution in [0.1, 0.15) is 12.8 Å². The molecule has 2 heterocycles. The van der Waals surface area contributed by atoms with Gasteiger partial charge >= 0.3 is 0 Å². The predicted octanol–water partition coefficient (Wildman–Crippen LogP) is 2.14. The van der Waals surface area contributed by atoms with E-state index in [0.717, 1.165) is 3.79 Å². The maximum Gasteiger partial charge on any atom is 0.252 e. The summed E-state index contributed by atoms with van der Waals surface area (Å²) in [5, 5.41) is 12.0. The number of sulfonamides is 1. The highest BCUT2D eigenvalue weighted by Gasteiger charge is 2.41. The number of piperidine rings is 1. The standard InChI is InChI=1S/C11H16BrN3O3S3/c1-19-11(10(13)14-16)4-6-15(7-5-11)21(17,18)9-3-2-8(12)20-9/h2-3,16H,4-7H2,1H3,(H2,13,14). The molecule has 1 aromatic rings. The first-order valence-corrected chi connectivity index (χ1v) is 10.4. The zero-order chi connectivity index (χ0) is 15.7. The Labute approximate surface area is 140 Å². The number of amidine groups is 1. The third-order valence-corrected chi connectivity index (χ3v) is 9.03. The number of oxime groups is 1. The Morgan fingerprint density at radius 1 is 1.52 bits per heavy atom. The first-order valence-electron chi connectivity index (χ1n) is 6.14. The maximum atomic E-state index is 12.5. The summed E-state index contributed by atoms with van der Waals surface area (Å²) in [5.41, 5.74) is 5.77. The van der Waals surface area contributed by atoms with Gasteiger partial charge in [0.2, 0.25) is 0 Å². The van der Waals surface area contributed by atoms with E-state index in [4.69, 9.17) is 10.9 Å². The molecule has 10 heteroatoms. The van der Waals surface area contributed by atoms with E-state index >= 15 is 0 Å². The van der Waals surface area contributed by atoms with Gasteiger partial charge in [-0.05, 0) is 47.2 Å². The van der Waals surface area contributed by atoms with Crippen LogP contribution >= 0.6 is 39.0 Å². The molecular formula is C11H16BrN3O3S3. The van der Waals surface area contributed by atoms with E-state index in [1.54, 1.807) is 12.1 Å². The lowest BCUT2D eigenvalue weighted by Gasteiger charge is -2.38. The fourth-order valence-corrected chi connectivity index (χ4v) is 6.75. The highest BCUT2D eigenvalue weighted by Crippen LogP contribution is 2.37. The lowest BCUT2D eigenvalue weighted by Crippen LogP contribution is -2.51. The Morgan fingerprint density at radius 3 is 2.57 bits per heavy atom. The number of hydrogen-bond donors (Lipinski definition) is 2. The van der Waals surface area contributed by atoms with Crippen LogP contribution in [0.3, 0.4) is 0 Å². The molecule has 0 saturated carbocycles. The topological polar surface area (TPSA) is 96.0 Å². The van der Waals surface area contributed by atoms with Crippen LogP contribution in [0, 0.1) is 0 Å². The zero-order valence-corrected chi connectivity index (χ0v) is 15.4. The number of nitrogens with two attached hydrogens (primary N) is 1. The number of rotatable bonds is 4. The van der Waals surface area contributed by atoms with Crippen LogP contribution < -0.4 is 5.73 Å². The fourth-order valence-electron chi connectivity index (χ4n) is 2.31. The van der Waals surface area contributed by atoms with Gasteiger partial charge in [0.1, 0.15) is 4.21 Å². The SMILES string of the molecule is CSC1(C(N)=NO)CCN(S(=O)(=O)c2ccc(Br)s2)CC1. The van der Waals surface area contributed by atoms with E-state index < -0.39 is 14.8 Å². The van der Waals surface area contributed by atoms with Gasteiger partial charge in [0.15, 0.2) is 5.84 Å². The van der Waals surface area contributed by atoms with Gasteiger partial charge in [-0.25, -0.2) is 8.42 Å². The molecule has 0 bridgehead atoms. The van der Waals surface area contributed by atoms with Crippen molar-refractivity contribution < 1.29 is 13.6 Å². The molecule has 0 amide bonds. The van der Waals surface area contributed by atoms with Gasteiger partial charge in [-0.3, -0.25) is 0 Å². The maximum absolute atomic E-state index is 12.5. The normalized spacial score (nSPS) is 20.6. The molecule has 1 aromatic heterocycles. The van der Waals surface area contributed by atoms with Gasteiger partial charge in [-0.2, -0.15) is 16.1 Å². The van der Waals surface area contributed by atoms with E-state index in [0.29, 0.717) is 30.1 Å². The van der Waals surface area contributed by atoms with Crippen molar-refractivity contribution in [3.05, 3.63) is 15.9 Å². The Hall–Kier alpha value is -0.290. The molecule has 2 rings (SSSR count). The largest absolute Gasteiger partial charge is 0.409 e. The van der Waals surface area contributed by atoms with Crippen molar-refractivity contribution in [1.29, 1.82) is 0 Å². The molecule has 1 aliphatic heterocycles. The molecule has 1 fully saturated rings. The van der Waals surface area contributed by atoms with E-state index in [2.05, 4.69) is 21.1 Å². The lowest BCUT2D eigenvalue weighted by atomic mass is 9.96. The van der Waals surface area contributed by atoms with Gasteiger partial charge in [-0.1, -0.05) is 5.16 Å². The van der Waals surface area contributed by atoms with Crippen LogP contribution in [0.5, 0.6) is 0 Å². The molecule has 118 valence electrons. The molecule has 0 spiro atoms. The van der Waals surface area contributed by atoms with Crippen molar-refractivity contribution in [3.8, 4) is 0 Å². The zero-order valence-electron chi connectivity index (χ0n) is 11.3. The summed E-state index contributed by atoms with van der Waals surface area (Å²) >= 11 is 5.97. The highest BCUT2D eigenvalue weighted by molar-refractivity contribution is 9.11. The van der Waals surface area contributed by atoms with Crippen LogP contribution in [0.2, 0.25) is 0 Å². The molecule has 3 N–H and O–H groups in total. The average Bonchev–Trinajstić information content (AvgIpc) is 2.93. The molecule has 0 aromatic carbocycles. The van der Waals surface area contributed by atoms with Crippen LogP contribution in [0.25, 0.3) is 0 Å². The number of hydrogen-bond acceptors (Lipinski definition) is 6. The van der Waals surface area contributed by atoms with Gasteiger partial charge in [0.25, 0.3) is 10.0 Å². The Morgan fingerprint density at radius 2 is 2.14 bits per heavy atom. The molecular weight excluding hydrogens is 398 g/mol. The summed E-state index contributed by atoms with van der Waals surface area (Å²) in [6.45, 7) is 0.712. The smallest absolute Gasteiger partial charge is 0.252 e. The quantitative estimate of drug-likeness (QED) is 0.341. The van der Waals surface area contributed by atoms with Gasteiger partial charge < -0.3 is 10.9 Å². The number of thiophene rings is 1. The highest BCUT2D eigenvalue weighted by atomic mass is 79.9. The minimum absolute atomic E-state index is 0.158. The van der Waals surface area contributed by atoms with E-state index in [9.17, 15) is 8.42 Å². The predicted molar refractivity (Wildman–Crippen MR) is 89.7 cm³/mol. The first-order chi connectivity index (χ1) is 9.85. The Kier molecular flexibility index (Phi) is 5.24. The minimum atomic E-state index is -3.46. The second-order valence-electron chi connectivity index (χ2n) is 4.65. The summed E-state index contributed by atoms with van der Waals surface area (Å²) in [4.78, 5) is 0. The van der Waals surface area contributed by atoms with Crippen LogP contribution in [0.15, 0.2) is 25.3 Å². The summed E-state index contributed by atoms with van der Waals surface area (Å²) in [5.74, 6) is 0.158. The number of nitrogens with zero attached hydrogens (tertiary/aromatic N) is 2. The molecule has 1 aliphatic rings. The van der Waals surface area contributed by atoms with E-state index in [1.807, 2.05) is 6.26 Å². The second-order valence-corrected chi connectivity index (χ2v) is 10.5. The molecule has 0 unspecified atom stereocenters.